The van der Waals surface area contributed by atoms with Gasteiger partial charge in [0.1, 0.15) is 0 Å². The SMILES string of the molecule is OCC1COCc2c(Cl)cccc21. The molecule has 3 heteroatoms. The van der Waals surface area contributed by atoms with Crippen molar-refractivity contribution in [3.05, 3.63) is 34.3 Å². The van der Waals surface area contributed by atoms with E-state index < -0.39 is 0 Å². The number of ether oxygens (including phenoxy) is 1. The highest BCUT2D eigenvalue weighted by Crippen LogP contribution is 2.30. The highest BCUT2D eigenvalue weighted by atomic mass is 35.5. The van der Waals surface area contributed by atoms with Crippen LogP contribution in [0.25, 0.3) is 0 Å². The van der Waals surface area contributed by atoms with Crippen LogP contribution in [0.15, 0.2) is 18.2 Å². The van der Waals surface area contributed by atoms with E-state index in [0.717, 1.165) is 16.1 Å². The van der Waals surface area contributed by atoms with Crippen molar-refractivity contribution in [1.29, 1.82) is 0 Å². The molecular formula is C10H11ClO2. The zero-order valence-corrected chi connectivity index (χ0v) is 7.92. The Morgan fingerprint density at radius 2 is 2.38 bits per heavy atom. The monoisotopic (exact) mass is 198 g/mol. The Hall–Kier alpha value is -0.570. The zero-order valence-electron chi connectivity index (χ0n) is 7.16. The van der Waals surface area contributed by atoms with Crippen molar-refractivity contribution in [3.8, 4) is 0 Å². The van der Waals surface area contributed by atoms with Gasteiger partial charge in [0.15, 0.2) is 0 Å². The van der Waals surface area contributed by atoms with Crippen molar-refractivity contribution < 1.29 is 9.84 Å². The summed E-state index contributed by atoms with van der Waals surface area (Å²) in [5.74, 6) is 0.0856. The Morgan fingerprint density at radius 3 is 3.15 bits per heavy atom. The van der Waals surface area contributed by atoms with Gasteiger partial charge in [0.25, 0.3) is 0 Å². The number of halogens is 1. The van der Waals surface area contributed by atoms with Gasteiger partial charge in [0.05, 0.1) is 19.8 Å². The van der Waals surface area contributed by atoms with Crippen LogP contribution in [0.4, 0.5) is 0 Å². The lowest BCUT2D eigenvalue weighted by molar-refractivity contribution is 0.0723. The van der Waals surface area contributed by atoms with Gasteiger partial charge in [-0.3, -0.25) is 0 Å². The minimum atomic E-state index is 0.0856. The van der Waals surface area contributed by atoms with E-state index >= 15 is 0 Å². The third-order valence-electron chi connectivity index (χ3n) is 2.38. The van der Waals surface area contributed by atoms with Gasteiger partial charge in [0.2, 0.25) is 0 Å². The Morgan fingerprint density at radius 1 is 1.54 bits per heavy atom. The van der Waals surface area contributed by atoms with Crippen LogP contribution in [0.1, 0.15) is 17.0 Å². The topological polar surface area (TPSA) is 29.5 Å². The normalized spacial score (nSPS) is 21.2. The highest BCUT2D eigenvalue weighted by Gasteiger charge is 2.21. The molecule has 0 aromatic heterocycles. The van der Waals surface area contributed by atoms with Crippen molar-refractivity contribution in [2.24, 2.45) is 0 Å². The fraction of sp³-hybridized carbons (Fsp3) is 0.400. The smallest absolute Gasteiger partial charge is 0.0734 e. The summed E-state index contributed by atoms with van der Waals surface area (Å²) >= 11 is 6.00. The molecule has 0 radical (unpaired) electrons. The largest absolute Gasteiger partial charge is 0.396 e. The average Bonchev–Trinajstić information content (AvgIpc) is 2.18. The molecule has 0 fully saturated rings. The Bertz CT molecular complexity index is 312. The van der Waals surface area contributed by atoms with E-state index in [4.69, 9.17) is 21.4 Å². The molecule has 0 saturated carbocycles. The van der Waals surface area contributed by atoms with Crippen LogP contribution in [-0.4, -0.2) is 18.3 Å². The zero-order chi connectivity index (χ0) is 9.26. The molecular weight excluding hydrogens is 188 g/mol. The summed E-state index contributed by atoms with van der Waals surface area (Å²) in [5, 5.41) is 9.84. The lowest BCUT2D eigenvalue weighted by atomic mass is 9.94. The van der Waals surface area contributed by atoms with Gasteiger partial charge < -0.3 is 9.84 Å². The van der Waals surface area contributed by atoms with Gasteiger partial charge in [-0.05, 0) is 17.2 Å². The maximum absolute atomic E-state index is 9.11. The number of hydrogen-bond donors (Lipinski definition) is 1. The van der Waals surface area contributed by atoms with E-state index in [1.54, 1.807) is 0 Å². The van der Waals surface area contributed by atoms with Gasteiger partial charge in [0, 0.05) is 10.9 Å². The first-order chi connectivity index (χ1) is 6.33. The fourth-order valence-corrected chi connectivity index (χ4v) is 1.89. The van der Waals surface area contributed by atoms with E-state index in [1.165, 1.54) is 0 Å². The van der Waals surface area contributed by atoms with Crippen LogP contribution in [0, 0.1) is 0 Å². The quantitative estimate of drug-likeness (QED) is 0.748. The molecule has 13 heavy (non-hydrogen) atoms. The molecule has 1 aliphatic rings. The molecule has 0 amide bonds. The van der Waals surface area contributed by atoms with Crippen LogP contribution in [0.5, 0.6) is 0 Å². The van der Waals surface area contributed by atoms with E-state index in [-0.39, 0.29) is 12.5 Å². The van der Waals surface area contributed by atoms with Gasteiger partial charge >= 0.3 is 0 Å². The molecule has 2 rings (SSSR count). The van der Waals surface area contributed by atoms with Gasteiger partial charge in [-0.15, -0.1) is 0 Å². The second-order valence-corrected chi connectivity index (χ2v) is 3.61. The minimum Gasteiger partial charge on any atom is -0.396 e. The summed E-state index contributed by atoms with van der Waals surface area (Å²) in [6.45, 7) is 1.27. The summed E-state index contributed by atoms with van der Waals surface area (Å²) in [6.07, 6.45) is 0. The summed E-state index contributed by atoms with van der Waals surface area (Å²) in [7, 11) is 0. The van der Waals surface area contributed by atoms with Gasteiger partial charge in [-0.25, -0.2) is 0 Å². The third-order valence-corrected chi connectivity index (χ3v) is 2.73. The van der Waals surface area contributed by atoms with Crippen LogP contribution in [-0.2, 0) is 11.3 Å². The van der Waals surface area contributed by atoms with Crippen LogP contribution < -0.4 is 0 Å². The lowest BCUT2D eigenvalue weighted by Gasteiger charge is -2.24. The van der Waals surface area contributed by atoms with Crippen molar-refractivity contribution >= 4 is 11.6 Å². The third kappa shape index (κ3) is 1.57. The van der Waals surface area contributed by atoms with E-state index in [0.29, 0.717) is 13.2 Å². The Kier molecular flexibility index (Phi) is 2.54. The van der Waals surface area contributed by atoms with E-state index in [9.17, 15) is 0 Å². The second-order valence-electron chi connectivity index (χ2n) is 3.20. The number of rotatable bonds is 1. The van der Waals surface area contributed by atoms with Crippen LogP contribution in [0.2, 0.25) is 5.02 Å². The minimum absolute atomic E-state index is 0.0856. The first-order valence-corrected chi connectivity index (χ1v) is 4.66. The maximum Gasteiger partial charge on any atom is 0.0734 e. The molecule has 1 heterocycles. The molecule has 2 nitrogen and oxygen atoms in total. The molecule has 0 spiro atoms. The van der Waals surface area contributed by atoms with Gasteiger partial charge in [-0.1, -0.05) is 23.7 Å². The Labute approximate surface area is 82.1 Å². The summed E-state index contributed by atoms with van der Waals surface area (Å²) < 4.78 is 5.34. The highest BCUT2D eigenvalue weighted by molar-refractivity contribution is 6.31. The van der Waals surface area contributed by atoms with Crippen LogP contribution >= 0.6 is 11.6 Å². The number of benzene rings is 1. The number of hydrogen-bond acceptors (Lipinski definition) is 2. The molecule has 1 aromatic carbocycles. The Balaban J connectivity index is 2.45. The molecule has 1 N–H and O–H groups in total. The van der Waals surface area contributed by atoms with E-state index in [2.05, 4.69) is 0 Å². The summed E-state index contributed by atoms with van der Waals surface area (Å²) in [6, 6.07) is 5.77. The molecule has 1 unspecified atom stereocenters. The van der Waals surface area contributed by atoms with Crippen molar-refractivity contribution in [2.45, 2.75) is 12.5 Å². The summed E-state index contributed by atoms with van der Waals surface area (Å²) in [5.41, 5.74) is 2.15. The van der Waals surface area contributed by atoms with E-state index in [1.807, 2.05) is 18.2 Å². The van der Waals surface area contributed by atoms with Crippen LogP contribution in [0.3, 0.4) is 0 Å². The van der Waals surface area contributed by atoms with Crippen molar-refractivity contribution in [1.82, 2.24) is 0 Å². The molecule has 1 aliphatic heterocycles. The van der Waals surface area contributed by atoms with Crippen molar-refractivity contribution in [2.75, 3.05) is 13.2 Å². The second kappa shape index (κ2) is 3.66. The van der Waals surface area contributed by atoms with Crippen molar-refractivity contribution in [3.63, 3.8) is 0 Å². The number of fused-ring (bicyclic) bond motifs is 1. The molecule has 0 bridgehead atoms. The first kappa shape index (κ1) is 9.00. The average molecular weight is 199 g/mol. The molecule has 70 valence electrons. The predicted molar refractivity (Wildman–Crippen MR) is 50.9 cm³/mol. The maximum atomic E-state index is 9.11. The standard InChI is InChI=1S/C10H11ClO2/c11-10-3-1-2-8-7(4-12)5-13-6-9(8)10/h1-3,7,12H,4-6H2. The first-order valence-electron chi connectivity index (χ1n) is 4.29. The number of aliphatic hydroxyl groups excluding tert-OH is 1. The molecule has 1 atom stereocenters. The lowest BCUT2D eigenvalue weighted by Crippen LogP contribution is -2.19. The molecule has 0 saturated heterocycles. The fourth-order valence-electron chi connectivity index (χ4n) is 1.65. The predicted octanol–water partition coefficient (Wildman–Crippen LogP) is 1.95. The number of aliphatic hydroxyl groups is 1. The molecule has 1 aromatic rings. The van der Waals surface area contributed by atoms with Gasteiger partial charge in [-0.2, -0.15) is 0 Å². The molecule has 0 aliphatic carbocycles. The summed E-state index contributed by atoms with van der Waals surface area (Å²) in [4.78, 5) is 0.